The fourth-order valence-electron chi connectivity index (χ4n) is 2.51. The summed E-state index contributed by atoms with van der Waals surface area (Å²) >= 11 is 0. The van der Waals surface area contributed by atoms with Crippen molar-refractivity contribution in [1.82, 2.24) is 5.32 Å². The summed E-state index contributed by atoms with van der Waals surface area (Å²) in [5, 5.41) is 15.3. The molecule has 6 nitrogen and oxygen atoms in total. The molecule has 9 heteroatoms. The molecule has 0 aromatic rings. The third kappa shape index (κ3) is 4.28. The zero-order valence-corrected chi connectivity index (χ0v) is 10.9. The molecule has 114 valence electrons. The first-order valence-electron chi connectivity index (χ1n) is 6.38. The van der Waals surface area contributed by atoms with Gasteiger partial charge in [-0.3, -0.25) is 4.79 Å². The summed E-state index contributed by atoms with van der Waals surface area (Å²) in [4.78, 5) is 13.9. The Morgan fingerprint density at radius 3 is 2.80 bits per heavy atom. The van der Waals surface area contributed by atoms with E-state index in [0.29, 0.717) is 6.42 Å². The number of carboxylic acid groups (broad SMARTS) is 1. The van der Waals surface area contributed by atoms with Crippen molar-refractivity contribution in [3.8, 4) is 0 Å². The highest BCUT2D eigenvalue weighted by Gasteiger charge is 2.50. The molecule has 1 fully saturated rings. The van der Waals surface area contributed by atoms with Crippen molar-refractivity contribution >= 4 is 5.97 Å². The van der Waals surface area contributed by atoms with Crippen molar-refractivity contribution in [2.24, 2.45) is 11.0 Å². The monoisotopic (exact) mass is 294 g/mol. The first-order valence-corrected chi connectivity index (χ1v) is 6.38. The minimum atomic E-state index is -4.37. The van der Waals surface area contributed by atoms with Crippen LogP contribution in [0.1, 0.15) is 32.1 Å². The maximum absolute atomic E-state index is 12.8. The van der Waals surface area contributed by atoms with Gasteiger partial charge in [0.05, 0.1) is 5.92 Å². The number of hydrogen-bond donors (Lipinski definition) is 2. The molecule has 0 saturated heterocycles. The van der Waals surface area contributed by atoms with Crippen LogP contribution in [0.5, 0.6) is 0 Å². The van der Waals surface area contributed by atoms with E-state index in [9.17, 15) is 23.1 Å². The van der Waals surface area contributed by atoms with Crippen molar-refractivity contribution in [3.05, 3.63) is 10.4 Å². The second-order valence-electron chi connectivity index (χ2n) is 4.96. The number of nitrogens with zero attached hydrogens (tertiary/aromatic N) is 3. The molecule has 2 N–H and O–H groups in total. The number of carboxylic acids is 1. The fraction of sp³-hybridized carbons (Fsp3) is 0.909. The van der Waals surface area contributed by atoms with Gasteiger partial charge in [0.25, 0.3) is 0 Å². The molecule has 0 heterocycles. The van der Waals surface area contributed by atoms with Gasteiger partial charge in [-0.25, -0.2) is 0 Å². The molecule has 1 aliphatic carbocycles. The molecular formula is C11H17F3N4O2. The predicted molar refractivity (Wildman–Crippen MR) is 65.0 cm³/mol. The van der Waals surface area contributed by atoms with Crippen LogP contribution in [-0.4, -0.2) is 35.9 Å². The topological polar surface area (TPSA) is 98.1 Å². The third-order valence-electron chi connectivity index (χ3n) is 3.58. The van der Waals surface area contributed by atoms with Crippen LogP contribution in [0.4, 0.5) is 13.2 Å². The van der Waals surface area contributed by atoms with E-state index in [1.54, 1.807) is 0 Å². The summed E-state index contributed by atoms with van der Waals surface area (Å²) in [6, 6.07) is 0. The maximum Gasteiger partial charge on any atom is 0.391 e. The lowest BCUT2D eigenvalue weighted by Gasteiger charge is -2.39. The summed E-state index contributed by atoms with van der Waals surface area (Å²) in [6.07, 6.45) is -4.06. The Balaban J connectivity index is 2.66. The zero-order valence-electron chi connectivity index (χ0n) is 10.9. The van der Waals surface area contributed by atoms with Crippen molar-refractivity contribution in [1.29, 1.82) is 0 Å². The predicted octanol–water partition coefficient (Wildman–Crippen LogP) is 2.85. The SMILES string of the molecule is [N-]=[N+]=NCCCNC1(C(=O)O)CCCC(C(F)(F)F)C1. The quantitative estimate of drug-likeness (QED) is 0.341. The Kier molecular flexibility index (Phi) is 5.64. The number of azide groups is 1. The van der Waals surface area contributed by atoms with Crippen LogP contribution in [0.25, 0.3) is 10.4 Å². The van der Waals surface area contributed by atoms with Crippen LogP contribution >= 0.6 is 0 Å². The summed E-state index contributed by atoms with van der Waals surface area (Å²) in [6.45, 7) is 0.387. The van der Waals surface area contributed by atoms with Gasteiger partial charge < -0.3 is 10.4 Å². The lowest BCUT2D eigenvalue weighted by molar-refractivity contribution is -0.191. The molecule has 2 atom stereocenters. The molecule has 0 radical (unpaired) electrons. The van der Waals surface area contributed by atoms with Crippen LogP contribution in [0.3, 0.4) is 0 Å². The Bertz CT molecular complexity index is 396. The van der Waals surface area contributed by atoms with Crippen molar-refractivity contribution < 1.29 is 23.1 Å². The van der Waals surface area contributed by atoms with E-state index in [-0.39, 0.29) is 32.4 Å². The highest BCUT2D eigenvalue weighted by atomic mass is 19.4. The molecule has 1 saturated carbocycles. The average molecular weight is 294 g/mol. The van der Waals surface area contributed by atoms with E-state index in [2.05, 4.69) is 15.3 Å². The van der Waals surface area contributed by atoms with E-state index < -0.39 is 30.0 Å². The molecule has 0 aromatic heterocycles. The zero-order chi connectivity index (χ0) is 15.2. The molecule has 0 amide bonds. The standard InChI is InChI=1S/C11H17F3N4O2/c12-11(13,14)8-3-1-4-10(7-8,9(19)20)16-5-2-6-17-18-15/h8,16H,1-7H2,(H,19,20). The minimum absolute atomic E-state index is 0.0288. The van der Waals surface area contributed by atoms with Crippen LogP contribution in [-0.2, 0) is 4.79 Å². The van der Waals surface area contributed by atoms with Gasteiger partial charge in [0.1, 0.15) is 5.54 Å². The number of halogens is 3. The normalized spacial score (nSPS) is 26.9. The van der Waals surface area contributed by atoms with Crippen LogP contribution in [0.2, 0.25) is 0 Å². The Labute approximate surface area is 114 Å². The highest BCUT2D eigenvalue weighted by molar-refractivity contribution is 5.79. The van der Waals surface area contributed by atoms with Crippen LogP contribution in [0.15, 0.2) is 5.11 Å². The Hall–Kier alpha value is -1.47. The van der Waals surface area contributed by atoms with Gasteiger partial charge in [-0.1, -0.05) is 11.5 Å². The largest absolute Gasteiger partial charge is 0.480 e. The fourth-order valence-corrected chi connectivity index (χ4v) is 2.51. The minimum Gasteiger partial charge on any atom is -0.480 e. The summed E-state index contributed by atoms with van der Waals surface area (Å²) < 4.78 is 38.3. The summed E-state index contributed by atoms with van der Waals surface area (Å²) in [7, 11) is 0. The van der Waals surface area contributed by atoms with Gasteiger partial charge in [0.15, 0.2) is 0 Å². The molecule has 0 spiro atoms. The number of nitrogens with one attached hydrogen (secondary N) is 1. The summed E-state index contributed by atoms with van der Waals surface area (Å²) in [5.41, 5.74) is 6.56. The number of aliphatic carboxylic acids is 1. The van der Waals surface area contributed by atoms with E-state index >= 15 is 0 Å². The lowest BCUT2D eigenvalue weighted by atomic mass is 9.75. The molecule has 0 aromatic carbocycles. The first-order chi connectivity index (χ1) is 9.32. The first kappa shape index (κ1) is 16.6. The third-order valence-corrected chi connectivity index (χ3v) is 3.58. The molecule has 2 unspecified atom stereocenters. The molecule has 1 aliphatic rings. The van der Waals surface area contributed by atoms with Gasteiger partial charge >= 0.3 is 12.1 Å². The second-order valence-corrected chi connectivity index (χ2v) is 4.96. The summed E-state index contributed by atoms with van der Waals surface area (Å²) in [5.74, 6) is -2.84. The highest BCUT2D eigenvalue weighted by Crippen LogP contribution is 2.41. The smallest absolute Gasteiger partial charge is 0.391 e. The number of hydrogen-bond acceptors (Lipinski definition) is 3. The molecule has 1 rings (SSSR count). The Morgan fingerprint density at radius 1 is 1.55 bits per heavy atom. The Morgan fingerprint density at radius 2 is 2.25 bits per heavy atom. The number of rotatable bonds is 6. The second kappa shape index (κ2) is 6.81. The molecular weight excluding hydrogens is 277 g/mol. The van der Waals surface area contributed by atoms with Crippen LogP contribution in [0, 0.1) is 5.92 Å². The lowest BCUT2D eigenvalue weighted by Crippen LogP contribution is -2.56. The number of alkyl halides is 3. The van der Waals surface area contributed by atoms with Gasteiger partial charge in [-0.15, -0.1) is 0 Å². The van der Waals surface area contributed by atoms with E-state index in [1.807, 2.05) is 0 Å². The average Bonchev–Trinajstić information content (AvgIpc) is 2.37. The van der Waals surface area contributed by atoms with Gasteiger partial charge in [-0.2, -0.15) is 13.2 Å². The van der Waals surface area contributed by atoms with Crippen molar-refractivity contribution in [3.63, 3.8) is 0 Å². The van der Waals surface area contributed by atoms with E-state index in [0.717, 1.165) is 0 Å². The maximum atomic E-state index is 12.8. The number of carbonyl (C=O) groups is 1. The molecule has 0 aliphatic heterocycles. The van der Waals surface area contributed by atoms with Crippen molar-refractivity contribution in [2.45, 2.75) is 43.8 Å². The van der Waals surface area contributed by atoms with Gasteiger partial charge in [-0.05, 0) is 37.8 Å². The van der Waals surface area contributed by atoms with Crippen LogP contribution < -0.4 is 5.32 Å². The van der Waals surface area contributed by atoms with Gasteiger partial charge in [0.2, 0.25) is 0 Å². The molecule has 0 bridgehead atoms. The molecule has 20 heavy (non-hydrogen) atoms. The van der Waals surface area contributed by atoms with E-state index in [4.69, 9.17) is 5.53 Å². The van der Waals surface area contributed by atoms with E-state index in [1.165, 1.54) is 0 Å². The van der Waals surface area contributed by atoms with Gasteiger partial charge in [0, 0.05) is 11.5 Å². The van der Waals surface area contributed by atoms with Crippen molar-refractivity contribution in [2.75, 3.05) is 13.1 Å².